The van der Waals surface area contributed by atoms with Crippen molar-refractivity contribution in [1.82, 2.24) is 10.5 Å². The number of nitrogens with one attached hydrogen (secondary N) is 1. The first-order valence-electron chi connectivity index (χ1n) is 5.11. The lowest BCUT2D eigenvalue weighted by Crippen LogP contribution is -2.23. The molecule has 16 heavy (non-hydrogen) atoms. The van der Waals surface area contributed by atoms with Gasteiger partial charge in [0.05, 0.1) is 17.3 Å². The van der Waals surface area contributed by atoms with Gasteiger partial charge in [0, 0.05) is 23.3 Å². The first kappa shape index (κ1) is 13.5. The van der Waals surface area contributed by atoms with Crippen LogP contribution in [0.4, 0.5) is 0 Å². The van der Waals surface area contributed by atoms with Gasteiger partial charge in [0.15, 0.2) is 0 Å². The second-order valence-corrected chi connectivity index (χ2v) is 5.29. The first-order chi connectivity index (χ1) is 7.72. The molecule has 0 saturated carbocycles. The predicted octanol–water partition coefficient (Wildman–Crippen LogP) is 2.14. The number of aryl methyl sites for hydroxylation is 1. The van der Waals surface area contributed by atoms with Crippen molar-refractivity contribution in [3.05, 3.63) is 16.1 Å². The van der Waals surface area contributed by atoms with Gasteiger partial charge < -0.3 is 0 Å². The predicted molar refractivity (Wildman–Crippen MR) is 67.4 cm³/mol. The Balaban J connectivity index is 2.05. The Morgan fingerprint density at radius 3 is 3.12 bits per heavy atom. The summed E-state index contributed by atoms with van der Waals surface area (Å²) in [6.07, 6.45) is 0.480. The van der Waals surface area contributed by atoms with Crippen LogP contribution >= 0.6 is 23.1 Å². The van der Waals surface area contributed by atoms with Gasteiger partial charge in [-0.3, -0.25) is 9.63 Å². The number of hydrogen-bond donors (Lipinski definition) is 1. The quantitative estimate of drug-likeness (QED) is 0.603. The van der Waals surface area contributed by atoms with Gasteiger partial charge in [0.1, 0.15) is 0 Å². The van der Waals surface area contributed by atoms with Crippen LogP contribution < -0.4 is 5.48 Å². The van der Waals surface area contributed by atoms with Gasteiger partial charge in [0.2, 0.25) is 5.91 Å². The van der Waals surface area contributed by atoms with Crippen LogP contribution in [0.1, 0.15) is 24.0 Å². The second kappa shape index (κ2) is 7.65. The van der Waals surface area contributed by atoms with Crippen LogP contribution in [0.3, 0.4) is 0 Å². The number of thioether (sulfide) groups is 1. The van der Waals surface area contributed by atoms with E-state index >= 15 is 0 Å². The number of rotatable bonds is 7. The van der Waals surface area contributed by atoms with E-state index in [1.807, 2.05) is 13.8 Å². The molecule has 1 rings (SSSR count). The van der Waals surface area contributed by atoms with Gasteiger partial charge in [-0.2, -0.15) is 11.8 Å². The van der Waals surface area contributed by atoms with Gasteiger partial charge >= 0.3 is 0 Å². The SMILES string of the molecule is CCONC(=O)CCSCc1csc(C)n1. The zero-order chi connectivity index (χ0) is 11.8. The monoisotopic (exact) mass is 260 g/mol. The number of nitrogens with zero attached hydrogens (tertiary/aromatic N) is 1. The highest BCUT2D eigenvalue weighted by molar-refractivity contribution is 7.98. The molecule has 1 aromatic rings. The minimum absolute atomic E-state index is 0.0659. The molecule has 0 unspecified atom stereocenters. The number of amides is 1. The van der Waals surface area contributed by atoms with Crippen LogP contribution in [0.5, 0.6) is 0 Å². The molecule has 0 spiro atoms. The van der Waals surface area contributed by atoms with E-state index in [1.165, 1.54) is 0 Å². The van der Waals surface area contributed by atoms with Crippen LogP contribution in [-0.4, -0.2) is 23.3 Å². The molecular formula is C10H16N2O2S2. The van der Waals surface area contributed by atoms with E-state index in [-0.39, 0.29) is 5.91 Å². The summed E-state index contributed by atoms with van der Waals surface area (Å²) in [5.74, 6) is 1.59. The molecule has 0 aliphatic carbocycles. The Morgan fingerprint density at radius 1 is 1.69 bits per heavy atom. The van der Waals surface area contributed by atoms with Gasteiger partial charge in [-0.1, -0.05) is 0 Å². The van der Waals surface area contributed by atoms with Crippen LogP contribution in [0.25, 0.3) is 0 Å². The molecule has 1 amide bonds. The summed E-state index contributed by atoms with van der Waals surface area (Å²) >= 11 is 3.37. The molecule has 1 aromatic heterocycles. The zero-order valence-electron chi connectivity index (χ0n) is 9.49. The lowest BCUT2D eigenvalue weighted by molar-refractivity contribution is -0.132. The standard InChI is InChI=1S/C10H16N2O2S2/c1-3-14-12-10(13)4-5-15-6-9-7-16-8(2)11-9/h7H,3-6H2,1-2H3,(H,12,13). The summed E-state index contributed by atoms with van der Waals surface area (Å²) in [6, 6.07) is 0. The van der Waals surface area contributed by atoms with Crippen molar-refractivity contribution in [3.63, 3.8) is 0 Å². The Labute approximate surface area is 104 Å². The lowest BCUT2D eigenvalue weighted by atomic mass is 10.5. The minimum Gasteiger partial charge on any atom is -0.274 e. The summed E-state index contributed by atoms with van der Waals surface area (Å²) < 4.78 is 0. The van der Waals surface area contributed by atoms with E-state index in [2.05, 4.69) is 15.8 Å². The normalized spacial score (nSPS) is 10.4. The Hall–Kier alpha value is -0.590. The van der Waals surface area contributed by atoms with E-state index in [0.29, 0.717) is 13.0 Å². The Kier molecular flexibility index (Phi) is 6.44. The summed E-state index contributed by atoms with van der Waals surface area (Å²) in [7, 11) is 0. The van der Waals surface area contributed by atoms with Crippen LogP contribution in [-0.2, 0) is 15.4 Å². The van der Waals surface area contributed by atoms with E-state index < -0.39 is 0 Å². The molecule has 0 atom stereocenters. The van der Waals surface area contributed by atoms with Crippen molar-refractivity contribution in [2.75, 3.05) is 12.4 Å². The summed E-state index contributed by atoms with van der Waals surface area (Å²) in [5, 5.41) is 3.15. The number of carbonyl (C=O) groups is 1. The molecule has 0 aliphatic rings. The van der Waals surface area contributed by atoms with Crippen LogP contribution in [0.15, 0.2) is 5.38 Å². The molecule has 0 bridgehead atoms. The van der Waals surface area contributed by atoms with Gasteiger partial charge in [-0.25, -0.2) is 10.5 Å². The number of hydroxylamine groups is 1. The molecule has 1 heterocycles. The van der Waals surface area contributed by atoms with Crippen molar-refractivity contribution >= 4 is 29.0 Å². The minimum atomic E-state index is -0.0659. The highest BCUT2D eigenvalue weighted by atomic mass is 32.2. The number of aromatic nitrogens is 1. The van der Waals surface area contributed by atoms with E-state index in [4.69, 9.17) is 4.84 Å². The third-order valence-electron chi connectivity index (χ3n) is 1.72. The largest absolute Gasteiger partial charge is 0.274 e. The zero-order valence-corrected chi connectivity index (χ0v) is 11.1. The molecule has 90 valence electrons. The average molecular weight is 260 g/mol. The molecule has 0 aromatic carbocycles. The maximum absolute atomic E-state index is 11.2. The molecule has 6 heteroatoms. The van der Waals surface area contributed by atoms with E-state index in [1.54, 1.807) is 23.1 Å². The van der Waals surface area contributed by atoms with Crippen molar-refractivity contribution in [1.29, 1.82) is 0 Å². The maximum Gasteiger partial charge on any atom is 0.244 e. The van der Waals surface area contributed by atoms with E-state index in [0.717, 1.165) is 22.2 Å². The maximum atomic E-state index is 11.2. The first-order valence-corrected chi connectivity index (χ1v) is 7.15. The smallest absolute Gasteiger partial charge is 0.244 e. The fraction of sp³-hybridized carbons (Fsp3) is 0.600. The molecule has 0 fully saturated rings. The topological polar surface area (TPSA) is 51.2 Å². The molecule has 0 radical (unpaired) electrons. The Bertz CT molecular complexity index is 328. The van der Waals surface area contributed by atoms with Crippen LogP contribution in [0.2, 0.25) is 0 Å². The summed E-state index contributed by atoms with van der Waals surface area (Å²) in [6.45, 7) is 4.32. The molecule has 0 aliphatic heterocycles. The number of hydrogen-bond acceptors (Lipinski definition) is 5. The summed E-state index contributed by atoms with van der Waals surface area (Å²) in [5.41, 5.74) is 3.46. The summed E-state index contributed by atoms with van der Waals surface area (Å²) in [4.78, 5) is 20.3. The Morgan fingerprint density at radius 2 is 2.50 bits per heavy atom. The molecule has 1 N–H and O–H groups in total. The van der Waals surface area contributed by atoms with Crippen molar-refractivity contribution < 1.29 is 9.63 Å². The third-order valence-corrected chi connectivity index (χ3v) is 3.54. The fourth-order valence-corrected chi connectivity index (χ4v) is 2.57. The van der Waals surface area contributed by atoms with Crippen molar-refractivity contribution in [2.45, 2.75) is 26.0 Å². The lowest BCUT2D eigenvalue weighted by Gasteiger charge is -2.02. The number of carbonyl (C=O) groups excluding carboxylic acids is 1. The van der Waals surface area contributed by atoms with Gasteiger partial charge in [-0.15, -0.1) is 11.3 Å². The average Bonchev–Trinajstić information content (AvgIpc) is 2.67. The van der Waals surface area contributed by atoms with Gasteiger partial charge in [0.25, 0.3) is 0 Å². The molecule has 4 nitrogen and oxygen atoms in total. The third kappa shape index (κ3) is 5.48. The fourth-order valence-electron chi connectivity index (χ4n) is 1.02. The van der Waals surface area contributed by atoms with Crippen molar-refractivity contribution in [3.8, 4) is 0 Å². The van der Waals surface area contributed by atoms with Crippen LogP contribution in [0, 0.1) is 6.92 Å². The molecule has 0 saturated heterocycles. The second-order valence-electron chi connectivity index (χ2n) is 3.12. The highest BCUT2D eigenvalue weighted by Crippen LogP contribution is 2.15. The van der Waals surface area contributed by atoms with E-state index in [9.17, 15) is 4.79 Å². The number of thiazole rings is 1. The highest BCUT2D eigenvalue weighted by Gasteiger charge is 2.02. The van der Waals surface area contributed by atoms with Gasteiger partial charge in [-0.05, 0) is 13.8 Å². The molecular weight excluding hydrogens is 244 g/mol. The van der Waals surface area contributed by atoms with Crippen molar-refractivity contribution in [2.24, 2.45) is 0 Å².